The van der Waals surface area contributed by atoms with Gasteiger partial charge in [0, 0.05) is 24.3 Å². The number of thioether (sulfide) groups is 2. The number of nitrogens with zero attached hydrogens (tertiary/aromatic N) is 1. The maximum atomic E-state index is 13.0. The fourth-order valence-corrected chi connectivity index (χ4v) is 7.95. The maximum Gasteiger partial charge on any atom is 0.255 e. The Labute approximate surface area is 194 Å². The van der Waals surface area contributed by atoms with E-state index in [4.69, 9.17) is 0 Å². The Morgan fingerprint density at radius 2 is 1.68 bits per heavy atom. The van der Waals surface area contributed by atoms with Crippen molar-refractivity contribution in [3.8, 4) is 0 Å². The molecule has 0 aromatic heterocycles. The molecule has 0 spiro atoms. The maximum absolute atomic E-state index is 13.0. The highest BCUT2D eigenvalue weighted by Crippen LogP contribution is 2.43. The predicted molar refractivity (Wildman–Crippen MR) is 133 cm³/mol. The number of anilines is 1. The van der Waals surface area contributed by atoms with Gasteiger partial charge in [-0.25, -0.2) is 8.42 Å². The van der Waals surface area contributed by atoms with Gasteiger partial charge in [-0.15, -0.1) is 23.5 Å². The van der Waals surface area contributed by atoms with Crippen LogP contribution in [-0.2, 0) is 10.0 Å². The van der Waals surface area contributed by atoms with Gasteiger partial charge in [-0.2, -0.15) is 4.31 Å². The number of sulfonamides is 1. The SMILES string of the molecule is CCN(CC)S(=O)(=O)c1cc(C)c(C)c(NC(=O)c2ccc(C3SCCCS3)cc2)c1. The van der Waals surface area contributed by atoms with Crippen molar-refractivity contribution in [2.75, 3.05) is 29.9 Å². The summed E-state index contributed by atoms with van der Waals surface area (Å²) in [6.45, 7) is 8.19. The van der Waals surface area contributed by atoms with Crippen molar-refractivity contribution >= 4 is 45.1 Å². The molecule has 2 aromatic rings. The highest BCUT2D eigenvalue weighted by Gasteiger charge is 2.24. The van der Waals surface area contributed by atoms with Gasteiger partial charge in [0.05, 0.1) is 9.48 Å². The second-order valence-corrected chi connectivity index (χ2v) is 12.2. The van der Waals surface area contributed by atoms with Crippen LogP contribution >= 0.6 is 23.5 Å². The number of carbonyl (C=O) groups is 1. The molecule has 1 fully saturated rings. The van der Waals surface area contributed by atoms with Crippen LogP contribution in [0.15, 0.2) is 41.3 Å². The minimum Gasteiger partial charge on any atom is -0.322 e. The second kappa shape index (κ2) is 10.4. The van der Waals surface area contributed by atoms with E-state index in [0.29, 0.717) is 28.9 Å². The van der Waals surface area contributed by atoms with Gasteiger partial charge in [-0.1, -0.05) is 26.0 Å². The molecule has 1 aliphatic rings. The Kier molecular flexibility index (Phi) is 8.13. The number of hydrogen-bond donors (Lipinski definition) is 1. The van der Waals surface area contributed by atoms with Crippen LogP contribution in [0.5, 0.6) is 0 Å². The normalized spacial score (nSPS) is 15.3. The van der Waals surface area contributed by atoms with E-state index in [1.807, 2.05) is 75.5 Å². The third kappa shape index (κ3) is 5.48. The Hall–Kier alpha value is -1.48. The van der Waals surface area contributed by atoms with E-state index in [2.05, 4.69) is 5.32 Å². The van der Waals surface area contributed by atoms with E-state index in [1.54, 1.807) is 12.1 Å². The average molecular weight is 479 g/mol. The van der Waals surface area contributed by atoms with Gasteiger partial charge >= 0.3 is 0 Å². The number of benzene rings is 2. The number of nitrogens with one attached hydrogen (secondary N) is 1. The van der Waals surface area contributed by atoms with Crippen LogP contribution in [-0.4, -0.2) is 43.2 Å². The van der Waals surface area contributed by atoms with Gasteiger partial charge in [0.15, 0.2) is 0 Å². The zero-order valence-corrected chi connectivity index (χ0v) is 20.9. The van der Waals surface area contributed by atoms with Gasteiger partial charge in [-0.3, -0.25) is 4.79 Å². The fourth-order valence-electron chi connectivity index (χ4n) is 3.48. The largest absolute Gasteiger partial charge is 0.322 e. The third-order valence-electron chi connectivity index (χ3n) is 5.50. The van der Waals surface area contributed by atoms with Crippen molar-refractivity contribution in [3.05, 3.63) is 58.7 Å². The van der Waals surface area contributed by atoms with Crippen LogP contribution in [0.3, 0.4) is 0 Å². The van der Waals surface area contributed by atoms with E-state index in [0.717, 1.165) is 11.1 Å². The molecule has 1 heterocycles. The molecule has 0 saturated carbocycles. The highest BCUT2D eigenvalue weighted by molar-refractivity contribution is 8.16. The van der Waals surface area contributed by atoms with Crippen molar-refractivity contribution in [2.24, 2.45) is 0 Å². The summed E-state index contributed by atoms with van der Waals surface area (Å²) in [6, 6.07) is 11.0. The van der Waals surface area contributed by atoms with E-state index < -0.39 is 10.0 Å². The Morgan fingerprint density at radius 1 is 1.06 bits per heavy atom. The summed E-state index contributed by atoms with van der Waals surface area (Å²) in [7, 11) is -3.60. The van der Waals surface area contributed by atoms with Crippen molar-refractivity contribution in [2.45, 2.75) is 43.6 Å². The molecule has 0 aliphatic carbocycles. The van der Waals surface area contributed by atoms with E-state index in [1.165, 1.54) is 27.8 Å². The molecule has 8 heteroatoms. The summed E-state index contributed by atoms with van der Waals surface area (Å²) in [5.41, 5.74) is 4.00. The van der Waals surface area contributed by atoms with Crippen LogP contribution in [0, 0.1) is 13.8 Å². The molecular weight excluding hydrogens is 448 g/mol. The molecule has 1 saturated heterocycles. The molecule has 0 unspecified atom stereocenters. The summed E-state index contributed by atoms with van der Waals surface area (Å²) in [6.07, 6.45) is 1.24. The lowest BCUT2D eigenvalue weighted by Crippen LogP contribution is -2.30. The summed E-state index contributed by atoms with van der Waals surface area (Å²) >= 11 is 3.90. The van der Waals surface area contributed by atoms with E-state index in [-0.39, 0.29) is 10.8 Å². The summed E-state index contributed by atoms with van der Waals surface area (Å²) in [5, 5.41) is 2.92. The summed E-state index contributed by atoms with van der Waals surface area (Å²) < 4.78 is 27.8. The first-order valence-electron chi connectivity index (χ1n) is 10.5. The van der Waals surface area contributed by atoms with Gasteiger partial charge in [0.1, 0.15) is 0 Å². The zero-order chi connectivity index (χ0) is 22.6. The fraction of sp³-hybridized carbons (Fsp3) is 0.435. The van der Waals surface area contributed by atoms with Crippen molar-refractivity contribution in [1.82, 2.24) is 4.31 Å². The monoisotopic (exact) mass is 478 g/mol. The number of amides is 1. The smallest absolute Gasteiger partial charge is 0.255 e. The molecule has 0 atom stereocenters. The molecule has 3 rings (SSSR count). The van der Waals surface area contributed by atoms with Crippen molar-refractivity contribution < 1.29 is 13.2 Å². The van der Waals surface area contributed by atoms with Crippen molar-refractivity contribution in [1.29, 1.82) is 0 Å². The molecular formula is C23H30N2O3S3. The predicted octanol–water partition coefficient (Wildman–Crippen LogP) is 5.45. The van der Waals surface area contributed by atoms with Gasteiger partial charge in [-0.05, 0) is 72.7 Å². The van der Waals surface area contributed by atoms with Gasteiger partial charge < -0.3 is 5.32 Å². The lowest BCUT2D eigenvalue weighted by atomic mass is 10.1. The molecule has 2 aromatic carbocycles. The molecule has 1 aliphatic heterocycles. The number of carbonyl (C=O) groups excluding carboxylic acids is 1. The number of rotatable bonds is 7. The Morgan fingerprint density at radius 3 is 2.26 bits per heavy atom. The molecule has 1 amide bonds. The first-order valence-corrected chi connectivity index (χ1v) is 14.1. The van der Waals surface area contributed by atoms with Crippen LogP contribution in [0.1, 0.15) is 51.9 Å². The molecule has 0 bridgehead atoms. The zero-order valence-electron chi connectivity index (χ0n) is 18.5. The lowest BCUT2D eigenvalue weighted by molar-refractivity contribution is 0.102. The van der Waals surface area contributed by atoms with E-state index >= 15 is 0 Å². The third-order valence-corrected chi connectivity index (χ3v) is 10.5. The summed E-state index contributed by atoms with van der Waals surface area (Å²) in [5.74, 6) is 2.10. The minimum atomic E-state index is -3.60. The molecule has 0 radical (unpaired) electrons. The second-order valence-electron chi connectivity index (χ2n) is 7.51. The quantitative estimate of drug-likeness (QED) is 0.573. The van der Waals surface area contributed by atoms with Gasteiger partial charge in [0.25, 0.3) is 5.91 Å². The van der Waals surface area contributed by atoms with Crippen LogP contribution in [0.2, 0.25) is 0 Å². The van der Waals surface area contributed by atoms with E-state index in [9.17, 15) is 13.2 Å². The molecule has 31 heavy (non-hydrogen) atoms. The number of hydrogen-bond acceptors (Lipinski definition) is 5. The topological polar surface area (TPSA) is 66.5 Å². The van der Waals surface area contributed by atoms with Crippen LogP contribution in [0.25, 0.3) is 0 Å². The number of aryl methyl sites for hydroxylation is 1. The standard InChI is InChI=1S/C23H30N2O3S3/c1-5-25(6-2)31(27,28)20-14-16(3)17(4)21(15-20)24-22(26)18-8-10-19(11-9-18)23-29-12-7-13-30-23/h8-11,14-15,23H,5-7,12-13H2,1-4H3,(H,24,26). The van der Waals surface area contributed by atoms with Crippen LogP contribution < -0.4 is 5.32 Å². The molecule has 168 valence electrons. The van der Waals surface area contributed by atoms with Crippen molar-refractivity contribution in [3.63, 3.8) is 0 Å². The Balaban J connectivity index is 1.83. The highest BCUT2D eigenvalue weighted by atomic mass is 32.2. The summed E-state index contributed by atoms with van der Waals surface area (Å²) in [4.78, 5) is 13.1. The average Bonchev–Trinajstić information content (AvgIpc) is 2.78. The Bertz CT molecular complexity index is 1030. The first-order chi connectivity index (χ1) is 14.8. The van der Waals surface area contributed by atoms with Crippen LogP contribution in [0.4, 0.5) is 5.69 Å². The minimum absolute atomic E-state index is 0.205. The molecule has 5 nitrogen and oxygen atoms in total. The van der Waals surface area contributed by atoms with Gasteiger partial charge in [0.2, 0.25) is 10.0 Å². The lowest BCUT2D eigenvalue weighted by Gasteiger charge is -2.21. The molecule has 1 N–H and O–H groups in total. The first kappa shape index (κ1) is 24.2.